The summed E-state index contributed by atoms with van der Waals surface area (Å²) in [7, 11) is 0. The first kappa shape index (κ1) is 33.6. The molecule has 2 heteroatoms. The second-order valence-electron chi connectivity index (χ2n) is 16.2. The van der Waals surface area contributed by atoms with Gasteiger partial charge in [0.2, 0.25) is 0 Å². The van der Waals surface area contributed by atoms with Gasteiger partial charge in [-0.05, 0) is 112 Å². The van der Waals surface area contributed by atoms with Crippen molar-refractivity contribution in [3.63, 3.8) is 0 Å². The third kappa shape index (κ3) is 5.51. The summed E-state index contributed by atoms with van der Waals surface area (Å²) in [5.74, 6) is 0. The Morgan fingerprint density at radius 1 is 0.439 bits per heavy atom. The summed E-state index contributed by atoms with van der Waals surface area (Å²) in [5.41, 5.74) is 15.2. The maximum absolute atomic E-state index is 3.94. The Bertz CT molecular complexity index is 3040. The van der Waals surface area contributed by atoms with E-state index in [1.165, 1.54) is 93.5 Å². The van der Waals surface area contributed by atoms with Crippen molar-refractivity contribution in [3.05, 3.63) is 222 Å². The zero-order chi connectivity index (χ0) is 38.1. The van der Waals surface area contributed by atoms with Gasteiger partial charge in [-0.1, -0.05) is 190 Å². The molecule has 0 bridgehead atoms. The van der Waals surface area contributed by atoms with Gasteiger partial charge in [-0.3, -0.25) is 5.32 Å². The highest BCUT2D eigenvalue weighted by Crippen LogP contribution is 2.52. The van der Waals surface area contributed by atoms with E-state index < -0.39 is 0 Å². The Hall–Kier alpha value is -6.74. The van der Waals surface area contributed by atoms with Crippen LogP contribution in [-0.4, -0.2) is 0 Å². The van der Waals surface area contributed by atoms with Crippen LogP contribution in [0.15, 0.2) is 194 Å². The molecule has 2 atom stereocenters. The van der Waals surface area contributed by atoms with Gasteiger partial charge in [0.15, 0.2) is 0 Å². The van der Waals surface area contributed by atoms with Crippen molar-refractivity contribution in [1.29, 1.82) is 0 Å². The van der Waals surface area contributed by atoms with Gasteiger partial charge < -0.3 is 5.32 Å². The van der Waals surface area contributed by atoms with E-state index in [4.69, 9.17) is 0 Å². The molecule has 0 saturated carbocycles. The van der Waals surface area contributed by atoms with Crippen LogP contribution in [-0.2, 0) is 5.41 Å². The van der Waals surface area contributed by atoms with Gasteiger partial charge >= 0.3 is 0 Å². The molecule has 57 heavy (non-hydrogen) atoms. The summed E-state index contributed by atoms with van der Waals surface area (Å²) in [5, 5.41) is 15.5. The second-order valence-corrected chi connectivity index (χ2v) is 16.2. The maximum Gasteiger partial charge on any atom is 0.104 e. The van der Waals surface area contributed by atoms with E-state index in [2.05, 4.69) is 219 Å². The van der Waals surface area contributed by atoms with Crippen LogP contribution in [0.25, 0.3) is 71.4 Å². The van der Waals surface area contributed by atoms with Gasteiger partial charge in [0.25, 0.3) is 0 Å². The Balaban J connectivity index is 0.982. The fourth-order valence-electron chi connectivity index (χ4n) is 9.77. The first-order valence-corrected chi connectivity index (χ1v) is 20.1. The van der Waals surface area contributed by atoms with Gasteiger partial charge in [0, 0.05) is 11.1 Å². The summed E-state index contributed by atoms with van der Waals surface area (Å²) in [4.78, 5) is 0. The lowest BCUT2D eigenvalue weighted by atomic mass is 9.78. The predicted octanol–water partition coefficient (Wildman–Crippen LogP) is 13.8. The Kier molecular flexibility index (Phi) is 7.77. The van der Waals surface area contributed by atoms with Crippen molar-refractivity contribution in [3.8, 4) is 33.4 Å². The van der Waals surface area contributed by atoms with Crippen LogP contribution in [0.1, 0.15) is 53.9 Å². The number of hydrogen-bond donors (Lipinski definition) is 2. The smallest absolute Gasteiger partial charge is 0.104 e. The first-order chi connectivity index (χ1) is 28.0. The summed E-state index contributed by atoms with van der Waals surface area (Å²) < 4.78 is 0. The third-order valence-corrected chi connectivity index (χ3v) is 12.5. The molecule has 11 rings (SSSR count). The average molecular weight is 731 g/mol. The summed E-state index contributed by atoms with van der Waals surface area (Å²) >= 11 is 0. The Morgan fingerprint density at radius 2 is 1.12 bits per heavy atom. The standard InChI is InChI=1S/C55H42N2/c1-55(2)49-25-11-10-22-45(49)47-24-13-23-44(53(47)55)39-18-12-19-41(32-39)51-34-50(36-15-4-3-5-16-36)56-54(57-51)38-28-26-37(27-29-38)52-43-21-9-7-17-40(43)33-48-42-20-8-6-14-35(42)30-31-46(48)52/h3-34,50,54,56-57H,1-2H3. The lowest BCUT2D eigenvalue weighted by Crippen LogP contribution is -2.39. The van der Waals surface area contributed by atoms with Crippen molar-refractivity contribution >= 4 is 38.0 Å². The van der Waals surface area contributed by atoms with Crippen LogP contribution < -0.4 is 10.6 Å². The van der Waals surface area contributed by atoms with Gasteiger partial charge in [0.1, 0.15) is 6.17 Å². The van der Waals surface area contributed by atoms with E-state index in [9.17, 15) is 0 Å². The quantitative estimate of drug-likeness (QED) is 0.136. The molecular weight excluding hydrogens is 689 g/mol. The van der Waals surface area contributed by atoms with E-state index >= 15 is 0 Å². The van der Waals surface area contributed by atoms with Crippen LogP contribution in [0.2, 0.25) is 0 Å². The van der Waals surface area contributed by atoms with Gasteiger partial charge in [-0.2, -0.15) is 0 Å². The molecule has 2 unspecified atom stereocenters. The average Bonchev–Trinajstić information content (AvgIpc) is 3.51. The molecule has 0 radical (unpaired) electrons. The van der Waals surface area contributed by atoms with E-state index in [0.717, 1.165) is 5.70 Å². The monoisotopic (exact) mass is 730 g/mol. The van der Waals surface area contributed by atoms with Crippen molar-refractivity contribution in [1.82, 2.24) is 10.6 Å². The van der Waals surface area contributed by atoms with E-state index in [0.29, 0.717) is 0 Å². The predicted molar refractivity (Wildman–Crippen MR) is 240 cm³/mol. The number of benzene rings is 9. The normalized spacial score (nSPS) is 16.9. The topological polar surface area (TPSA) is 24.1 Å². The summed E-state index contributed by atoms with van der Waals surface area (Å²) in [6, 6.07) is 69.2. The van der Waals surface area contributed by atoms with Crippen LogP contribution in [0.4, 0.5) is 0 Å². The molecule has 1 heterocycles. The molecule has 0 aromatic heterocycles. The van der Waals surface area contributed by atoms with Crippen LogP contribution in [0.5, 0.6) is 0 Å². The highest BCUT2D eigenvalue weighted by atomic mass is 15.2. The molecule has 2 N–H and O–H groups in total. The number of fused-ring (bicyclic) bond motifs is 7. The van der Waals surface area contributed by atoms with Crippen LogP contribution in [0.3, 0.4) is 0 Å². The molecular formula is C55H42N2. The van der Waals surface area contributed by atoms with E-state index in [1.807, 2.05) is 0 Å². The lowest BCUT2D eigenvalue weighted by molar-refractivity contribution is 0.443. The fourth-order valence-corrected chi connectivity index (χ4v) is 9.77. The molecule has 2 nitrogen and oxygen atoms in total. The first-order valence-electron chi connectivity index (χ1n) is 20.1. The van der Waals surface area contributed by atoms with Crippen molar-refractivity contribution in [2.24, 2.45) is 0 Å². The minimum absolute atomic E-state index is 0.0282. The highest BCUT2D eigenvalue weighted by Gasteiger charge is 2.37. The van der Waals surface area contributed by atoms with E-state index in [-0.39, 0.29) is 17.6 Å². The molecule has 0 amide bonds. The Morgan fingerprint density at radius 3 is 1.98 bits per heavy atom. The largest absolute Gasteiger partial charge is 0.366 e. The Labute approximate surface area is 334 Å². The lowest BCUT2D eigenvalue weighted by Gasteiger charge is -2.33. The van der Waals surface area contributed by atoms with Gasteiger partial charge in [-0.25, -0.2) is 0 Å². The molecule has 9 aromatic rings. The molecule has 272 valence electrons. The molecule has 1 aliphatic carbocycles. The van der Waals surface area contributed by atoms with Crippen molar-refractivity contribution < 1.29 is 0 Å². The van der Waals surface area contributed by atoms with Crippen molar-refractivity contribution in [2.75, 3.05) is 0 Å². The van der Waals surface area contributed by atoms with E-state index in [1.54, 1.807) is 0 Å². The molecule has 1 aliphatic heterocycles. The van der Waals surface area contributed by atoms with Gasteiger partial charge in [-0.15, -0.1) is 0 Å². The van der Waals surface area contributed by atoms with Crippen LogP contribution in [0, 0.1) is 0 Å². The highest BCUT2D eigenvalue weighted by molar-refractivity contribution is 6.20. The third-order valence-electron chi connectivity index (χ3n) is 12.5. The molecule has 0 saturated heterocycles. The molecule has 9 aromatic carbocycles. The zero-order valence-corrected chi connectivity index (χ0v) is 32.1. The summed E-state index contributed by atoms with van der Waals surface area (Å²) in [6.07, 6.45) is 2.25. The fraction of sp³-hybridized carbons (Fsp3) is 0.0909. The minimum Gasteiger partial charge on any atom is -0.366 e. The summed E-state index contributed by atoms with van der Waals surface area (Å²) in [6.45, 7) is 4.74. The SMILES string of the molecule is CC1(C)c2ccccc2-c2cccc(-c3cccc(C4=CC(c5ccccc5)NC(c5ccc(-c6c7ccccc7cc7c6ccc6ccccc67)cc5)N4)c3)c21. The molecule has 2 aliphatic rings. The molecule has 0 spiro atoms. The van der Waals surface area contributed by atoms with Gasteiger partial charge in [0.05, 0.1) is 6.04 Å². The molecule has 0 fully saturated rings. The number of rotatable bonds is 5. The van der Waals surface area contributed by atoms with Crippen molar-refractivity contribution in [2.45, 2.75) is 31.5 Å². The number of nitrogens with one attached hydrogen (secondary N) is 2. The van der Waals surface area contributed by atoms with Crippen LogP contribution >= 0.6 is 0 Å². The maximum atomic E-state index is 3.94. The number of hydrogen-bond acceptors (Lipinski definition) is 2. The second kappa shape index (κ2) is 13.2. The zero-order valence-electron chi connectivity index (χ0n) is 32.1. The minimum atomic E-state index is -0.101.